The molecule has 2 rings (SSSR count). The third kappa shape index (κ3) is 3.11. The highest BCUT2D eigenvalue weighted by Gasteiger charge is 2.36. The Morgan fingerprint density at radius 2 is 1.95 bits per heavy atom. The Hall–Kier alpha value is -1.97. The molecule has 4 nitrogen and oxygen atoms in total. The first-order valence-corrected chi connectivity index (χ1v) is 6.51. The van der Waals surface area contributed by atoms with Gasteiger partial charge in [0.15, 0.2) is 0 Å². The van der Waals surface area contributed by atoms with E-state index in [2.05, 4.69) is 26.0 Å². The van der Waals surface area contributed by atoms with Crippen LogP contribution in [0.25, 0.3) is 0 Å². The summed E-state index contributed by atoms with van der Waals surface area (Å²) in [5, 5.41) is 3.62. The average molecular weight is 383 g/mol. The van der Waals surface area contributed by atoms with Gasteiger partial charge in [0.1, 0.15) is 11.6 Å². The van der Waals surface area contributed by atoms with Crippen LogP contribution in [0.1, 0.15) is 16.8 Å². The third-order valence-electron chi connectivity index (χ3n) is 2.64. The molecule has 1 aromatic carbocycles. The minimum absolute atomic E-state index is 0.0689. The normalized spacial score (nSPS) is 12.3. The summed E-state index contributed by atoms with van der Waals surface area (Å²) < 4.78 is 66.3. The van der Waals surface area contributed by atoms with Gasteiger partial charge >= 0.3 is 6.18 Å². The van der Waals surface area contributed by atoms with Crippen molar-refractivity contribution in [1.29, 1.82) is 0 Å². The molecule has 0 aliphatic rings. The van der Waals surface area contributed by atoms with Crippen molar-refractivity contribution in [3.63, 3.8) is 0 Å². The van der Waals surface area contributed by atoms with E-state index in [4.69, 9.17) is 5.73 Å². The number of aryl methyl sites for hydroxylation is 1. The molecule has 0 bridgehead atoms. The van der Waals surface area contributed by atoms with Crippen LogP contribution < -0.4 is 5.73 Å². The Morgan fingerprint density at radius 1 is 1.32 bits per heavy atom. The maximum Gasteiger partial charge on any atom is 0.419 e. The van der Waals surface area contributed by atoms with Gasteiger partial charge < -0.3 is 5.73 Å². The molecule has 22 heavy (non-hydrogen) atoms. The van der Waals surface area contributed by atoms with Gasteiger partial charge in [-0.1, -0.05) is 0 Å². The van der Waals surface area contributed by atoms with Gasteiger partial charge in [-0.05, 0) is 28.9 Å². The molecular weight excluding hydrogens is 375 g/mol. The fourth-order valence-corrected chi connectivity index (χ4v) is 2.10. The topological polar surface area (TPSA) is 56.2 Å². The number of nitrogen functional groups attached to an aromatic ring is 1. The van der Waals surface area contributed by atoms with Gasteiger partial charge in [0, 0.05) is 0 Å². The number of nitrogens with zero attached hydrogens (tertiary/aromatic N) is 3. The summed E-state index contributed by atoms with van der Waals surface area (Å²) in [6, 6.07) is 0.331. The highest BCUT2D eigenvalue weighted by atomic mass is 79.9. The van der Waals surface area contributed by atoms with Crippen LogP contribution in [-0.2, 0) is 6.18 Å². The number of hydrogen-bond donors (Lipinski definition) is 1. The summed E-state index contributed by atoms with van der Waals surface area (Å²) in [4.78, 5) is 3.79. The predicted octanol–water partition coefficient (Wildman–Crippen LogP) is 3.72. The highest BCUT2D eigenvalue weighted by Crippen LogP contribution is 2.35. The third-order valence-corrected chi connectivity index (χ3v) is 3.22. The summed E-state index contributed by atoms with van der Waals surface area (Å²) >= 11 is 2.62. The molecule has 0 amide bonds. The second kappa shape index (κ2) is 5.67. The number of nitrogens with two attached hydrogens (primary N) is 1. The minimum atomic E-state index is -4.96. The van der Waals surface area contributed by atoms with Gasteiger partial charge in [-0.3, -0.25) is 0 Å². The molecule has 10 heteroatoms. The summed E-state index contributed by atoms with van der Waals surface area (Å²) in [6.45, 7) is 1.60. The van der Waals surface area contributed by atoms with E-state index in [-0.39, 0.29) is 5.95 Å². The van der Waals surface area contributed by atoms with Gasteiger partial charge in [-0.15, -0.1) is 0 Å². The second-order valence-corrected chi connectivity index (χ2v) is 5.13. The lowest BCUT2D eigenvalue weighted by atomic mass is 10.1. The molecule has 0 spiro atoms. The number of alkyl halides is 3. The van der Waals surface area contributed by atoms with Crippen LogP contribution in [0.4, 0.5) is 27.9 Å². The molecule has 1 aromatic heterocycles. The van der Waals surface area contributed by atoms with Crippen molar-refractivity contribution in [3.05, 3.63) is 45.2 Å². The quantitative estimate of drug-likeness (QED) is 0.488. The van der Waals surface area contributed by atoms with Crippen molar-refractivity contribution >= 4 is 28.1 Å². The van der Waals surface area contributed by atoms with Crippen molar-refractivity contribution in [1.82, 2.24) is 9.66 Å². The predicted molar refractivity (Wildman–Crippen MR) is 73.4 cm³/mol. The standard InChI is InChI=1S/C12H8BrF5N4/c1-5-4-22(11(19)21-5)20-3-6-9(14)7(12(16,17)18)2-8(13)10(6)15/h2-4H,1H3,(H2,19,21). The van der Waals surface area contributed by atoms with Crippen LogP contribution in [0, 0.1) is 18.6 Å². The van der Waals surface area contributed by atoms with Crippen molar-refractivity contribution in [3.8, 4) is 0 Å². The average Bonchev–Trinajstić information content (AvgIpc) is 2.71. The largest absolute Gasteiger partial charge is 0.419 e. The maximum absolute atomic E-state index is 13.9. The zero-order valence-corrected chi connectivity index (χ0v) is 12.5. The lowest BCUT2D eigenvalue weighted by molar-refractivity contribution is -0.140. The van der Waals surface area contributed by atoms with E-state index in [1.807, 2.05) is 0 Å². The van der Waals surface area contributed by atoms with Crippen LogP contribution in [-0.4, -0.2) is 15.9 Å². The second-order valence-electron chi connectivity index (χ2n) is 4.27. The van der Waals surface area contributed by atoms with Gasteiger partial charge in [-0.2, -0.15) is 18.3 Å². The highest BCUT2D eigenvalue weighted by molar-refractivity contribution is 9.10. The molecule has 0 saturated heterocycles. The Balaban J connectivity index is 2.55. The molecule has 2 N–H and O–H groups in total. The SMILES string of the molecule is Cc1cn(N=Cc2c(F)c(Br)cc(C(F)(F)F)c2F)c(N)n1. The molecule has 0 unspecified atom stereocenters. The first-order chi connectivity index (χ1) is 10.1. The summed E-state index contributed by atoms with van der Waals surface area (Å²) in [5.74, 6) is -3.03. The number of benzene rings is 1. The molecule has 0 atom stereocenters. The van der Waals surface area contributed by atoms with E-state index in [0.29, 0.717) is 18.0 Å². The number of rotatable bonds is 2. The van der Waals surface area contributed by atoms with Crippen LogP contribution >= 0.6 is 15.9 Å². The number of aromatic nitrogens is 2. The first-order valence-electron chi connectivity index (χ1n) is 5.71. The number of hydrogen-bond acceptors (Lipinski definition) is 3. The van der Waals surface area contributed by atoms with Crippen molar-refractivity contribution < 1.29 is 22.0 Å². The van der Waals surface area contributed by atoms with Crippen LogP contribution in [0.15, 0.2) is 21.8 Å². The number of imidazole rings is 1. The fraction of sp³-hybridized carbons (Fsp3) is 0.167. The Morgan fingerprint density at radius 3 is 2.45 bits per heavy atom. The number of halogens is 6. The monoisotopic (exact) mass is 382 g/mol. The van der Waals surface area contributed by atoms with E-state index in [9.17, 15) is 22.0 Å². The zero-order valence-electron chi connectivity index (χ0n) is 10.9. The van der Waals surface area contributed by atoms with Gasteiger partial charge in [0.25, 0.3) is 0 Å². The Kier molecular flexibility index (Phi) is 4.23. The first kappa shape index (κ1) is 16.4. The Bertz CT molecular complexity index is 751. The fourth-order valence-electron chi connectivity index (χ4n) is 1.66. The number of anilines is 1. The smallest absolute Gasteiger partial charge is 0.368 e. The molecule has 118 valence electrons. The molecule has 2 aromatic rings. The van der Waals surface area contributed by atoms with Crippen molar-refractivity contribution in [2.45, 2.75) is 13.1 Å². The van der Waals surface area contributed by atoms with Crippen LogP contribution in [0.3, 0.4) is 0 Å². The lowest BCUT2D eigenvalue weighted by Gasteiger charge is -2.11. The van der Waals surface area contributed by atoms with Crippen molar-refractivity contribution in [2.24, 2.45) is 5.10 Å². The molecule has 0 fully saturated rings. The van der Waals surface area contributed by atoms with Crippen LogP contribution in [0.5, 0.6) is 0 Å². The molecule has 0 radical (unpaired) electrons. The van der Waals surface area contributed by atoms with E-state index in [1.54, 1.807) is 6.92 Å². The van der Waals surface area contributed by atoms with Gasteiger partial charge in [0.05, 0.1) is 33.7 Å². The van der Waals surface area contributed by atoms with Gasteiger partial charge in [0.2, 0.25) is 5.95 Å². The lowest BCUT2D eigenvalue weighted by Crippen LogP contribution is -2.12. The molecular formula is C12H8BrF5N4. The molecule has 0 saturated carbocycles. The summed E-state index contributed by atoms with van der Waals surface area (Å²) in [7, 11) is 0. The van der Waals surface area contributed by atoms with E-state index in [0.717, 1.165) is 4.68 Å². The van der Waals surface area contributed by atoms with E-state index < -0.39 is 33.4 Å². The maximum atomic E-state index is 13.9. The van der Waals surface area contributed by atoms with E-state index >= 15 is 0 Å². The zero-order chi connectivity index (χ0) is 16.7. The summed E-state index contributed by atoms with van der Waals surface area (Å²) in [5.41, 5.74) is 3.42. The summed E-state index contributed by atoms with van der Waals surface area (Å²) in [6.07, 6.45) is -3.00. The van der Waals surface area contributed by atoms with E-state index in [1.165, 1.54) is 6.20 Å². The molecule has 0 aliphatic heterocycles. The molecule has 0 aliphatic carbocycles. The van der Waals surface area contributed by atoms with Crippen molar-refractivity contribution in [2.75, 3.05) is 5.73 Å². The minimum Gasteiger partial charge on any atom is -0.368 e. The van der Waals surface area contributed by atoms with Crippen LogP contribution in [0.2, 0.25) is 0 Å². The molecule has 1 heterocycles. The van der Waals surface area contributed by atoms with Gasteiger partial charge in [-0.25, -0.2) is 18.4 Å². The Labute approximate surface area is 129 Å².